The first-order chi connectivity index (χ1) is 11.8. The van der Waals surface area contributed by atoms with Crippen molar-refractivity contribution in [2.75, 3.05) is 12.3 Å². The molecule has 0 radical (unpaired) electrons. The Hall–Kier alpha value is -2.68. The Kier molecular flexibility index (Phi) is 4.34. The maximum absolute atomic E-state index is 13.3. The number of carbonyl (C=O) groups is 1. The van der Waals surface area contributed by atoms with Crippen LogP contribution in [0.15, 0.2) is 36.8 Å². The number of aliphatic hydroxyl groups is 1. The number of alkyl halides is 3. The number of aliphatic hydroxyl groups excluding tert-OH is 1. The largest absolute Gasteiger partial charge is 0.416 e. The van der Waals surface area contributed by atoms with Crippen molar-refractivity contribution in [3.63, 3.8) is 0 Å². The Bertz CT molecular complexity index is 797. The average Bonchev–Trinajstić information content (AvgIpc) is 2.96. The van der Waals surface area contributed by atoms with E-state index in [0.717, 1.165) is 6.07 Å². The van der Waals surface area contributed by atoms with Gasteiger partial charge in [0.1, 0.15) is 17.7 Å². The number of carbonyl (C=O) groups excluding carboxylic acids is 1. The highest BCUT2D eigenvalue weighted by atomic mass is 19.4. The SMILES string of the molecule is Nc1ncncc1C(=O)N1C[C@H](O)C[C@@H]1c1ccccc1C(F)(F)F. The summed E-state index contributed by atoms with van der Waals surface area (Å²) in [5, 5.41) is 9.95. The van der Waals surface area contributed by atoms with E-state index in [9.17, 15) is 23.1 Å². The minimum absolute atomic E-state index is 0.00638. The molecule has 6 nitrogen and oxygen atoms in total. The fourth-order valence-electron chi connectivity index (χ4n) is 3.04. The molecule has 3 rings (SSSR count). The summed E-state index contributed by atoms with van der Waals surface area (Å²) in [4.78, 5) is 21.4. The average molecular weight is 352 g/mol. The zero-order valence-corrected chi connectivity index (χ0v) is 12.9. The third-order valence-electron chi connectivity index (χ3n) is 4.14. The Morgan fingerprint density at radius 2 is 2.04 bits per heavy atom. The molecule has 0 saturated carbocycles. The molecular formula is C16H15F3N4O2. The van der Waals surface area contributed by atoms with Crippen molar-refractivity contribution in [3.05, 3.63) is 53.5 Å². The Labute approximate surface area is 141 Å². The number of nitrogens with zero attached hydrogens (tertiary/aromatic N) is 3. The number of β-amino-alcohol motifs (C(OH)–C–C–N with tert-alkyl or cyclic N) is 1. The van der Waals surface area contributed by atoms with Gasteiger partial charge in [-0.3, -0.25) is 4.79 Å². The highest BCUT2D eigenvalue weighted by Gasteiger charge is 2.41. The van der Waals surface area contributed by atoms with Crippen molar-refractivity contribution in [2.24, 2.45) is 0 Å². The van der Waals surface area contributed by atoms with E-state index < -0.39 is 29.8 Å². The monoisotopic (exact) mass is 352 g/mol. The van der Waals surface area contributed by atoms with Gasteiger partial charge >= 0.3 is 6.18 Å². The van der Waals surface area contributed by atoms with Gasteiger partial charge in [-0.05, 0) is 18.1 Å². The molecule has 1 aromatic heterocycles. The summed E-state index contributed by atoms with van der Waals surface area (Å²) in [7, 11) is 0. The van der Waals surface area contributed by atoms with Gasteiger partial charge in [0.05, 0.1) is 17.7 Å². The number of hydrogen-bond acceptors (Lipinski definition) is 5. The Balaban J connectivity index is 2.02. The molecule has 1 aliphatic rings. The van der Waals surface area contributed by atoms with Crippen LogP contribution in [0.2, 0.25) is 0 Å². The second-order valence-electron chi connectivity index (χ2n) is 5.77. The molecule has 1 fully saturated rings. The predicted molar refractivity (Wildman–Crippen MR) is 82.3 cm³/mol. The van der Waals surface area contributed by atoms with Crippen molar-refractivity contribution >= 4 is 11.7 Å². The van der Waals surface area contributed by atoms with Gasteiger partial charge in [0.2, 0.25) is 0 Å². The molecule has 9 heteroatoms. The van der Waals surface area contributed by atoms with E-state index in [2.05, 4.69) is 9.97 Å². The standard InChI is InChI=1S/C16H15F3N4O2/c17-16(18,19)12-4-2-1-3-10(12)13-5-9(24)7-23(13)15(25)11-6-21-8-22-14(11)20/h1-4,6,8-9,13,24H,5,7H2,(H2,20,21,22)/t9-,13-/m1/s1. The number of benzene rings is 1. The third-order valence-corrected chi connectivity index (χ3v) is 4.14. The van der Waals surface area contributed by atoms with Crippen LogP contribution in [0, 0.1) is 0 Å². The topological polar surface area (TPSA) is 92.3 Å². The molecule has 0 unspecified atom stereocenters. The molecule has 1 aliphatic heterocycles. The molecule has 3 N–H and O–H groups in total. The van der Waals surface area contributed by atoms with E-state index in [4.69, 9.17) is 5.73 Å². The number of aromatic nitrogens is 2. The summed E-state index contributed by atoms with van der Waals surface area (Å²) in [5.41, 5.74) is 4.77. The van der Waals surface area contributed by atoms with Gasteiger partial charge in [0, 0.05) is 12.7 Å². The summed E-state index contributed by atoms with van der Waals surface area (Å²) in [6.07, 6.45) is -3.11. The van der Waals surface area contributed by atoms with Crippen LogP contribution in [0.25, 0.3) is 0 Å². The van der Waals surface area contributed by atoms with E-state index in [1.807, 2.05) is 0 Å². The molecule has 25 heavy (non-hydrogen) atoms. The van der Waals surface area contributed by atoms with Crippen LogP contribution in [-0.4, -0.2) is 38.5 Å². The zero-order chi connectivity index (χ0) is 18.2. The van der Waals surface area contributed by atoms with Crippen LogP contribution >= 0.6 is 0 Å². The van der Waals surface area contributed by atoms with E-state index in [1.54, 1.807) is 0 Å². The van der Waals surface area contributed by atoms with Gasteiger partial charge < -0.3 is 15.7 Å². The summed E-state index contributed by atoms with van der Waals surface area (Å²) >= 11 is 0. The number of nitrogens with two attached hydrogens (primary N) is 1. The van der Waals surface area contributed by atoms with E-state index in [-0.39, 0.29) is 29.9 Å². The highest BCUT2D eigenvalue weighted by molar-refractivity contribution is 5.98. The van der Waals surface area contributed by atoms with Crippen molar-refractivity contribution < 1.29 is 23.1 Å². The number of hydrogen-bond donors (Lipinski definition) is 2. The fourth-order valence-corrected chi connectivity index (χ4v) is 3.04. The number of amides is 1. The van der Waals surface area contributed by atoms with Crippen LogP contribution in [0.4, 0.5) is 19.0 Å². The van der Waals surface area contributed by atoms with E-state index >= 15 is 0 Å². The van der Waals surface area contributed by atoms with Crippen molar-refractivity contribution in [3.8, 4) is 0 Å². The van der Waals surface area contributed by atoms with Gasteiger partial charge in [-0.2, -0.15) is 13.2 Å². The highest BCUT2D eigenvalue weighted by Crippen LogP contribution is 2.41. The predicted octanol–water partition coefficient (Wildman–Crippen LogP) is 2.03. The van der Waals surface area contributed by atoms with Crippen molar-refractivity contribution in [1.29, 1.82) is 0 Å². The van der Waals surface area contributed by atoms with Crippen LogP contribution in [0.3, 0.4) is 0 Å². The van der Waals surface area contributed by atoms with Crippen LogP contribution < -0.4 is 5.73 Å². The molecule has 2 aromatic rings. The van der Waals surface area contributed by atoms with Gasteiger partial charge in [0.15, 0.2) is 0 Å². The first-order valence-corrected chi connectivity index (χ1v) is 7.49. The first kappa shape index (κ1) is 17.2. The minimum atomic E-state index is -4.56. The van der Waals surface area contributed by atoms with Gasteiger partial charge in [-0.25, -0.2) is 9.97 Å². The smallest absolute Gasteiger partial charge is 0.391 e. The molecule has 2 atom stereocenters. The summed E-state index contributed by atoms with van der Waals surface area (Å²) in [6.45, 7) is -0.0932. The lowest BCUT2D eigenvalue weighted by atomic mass is 9.97. The normalized spacial score (nSPS) is 20.7. The van der Waals surface area contributed by atoms with E-state index in [0.29, 0.717) is 0 Å². The number of halogens is 3. The maximum Gasteiger partial charge on any atom is 0.416 e. The molecule has 1 aromatic carbocycles. The molecule has 0 aliphatic carbocycles. The summed E-state index contributed by atoms with van der Waals surface area (Å²) in [6, 6.07) is 4.12. The summed E-state index contributed by atoms with van der Waals surface area (Å²) in [5.74, 6) is -0.680. The van der Waals surface area contributed by atoms with Crippen LogP contribution in [-0.2, 0) is 6.18 Å². The van der Waals surface area contributed by atoms with Crippen molar-refractivity contribution in [2.45, 2.75) is 24.7 Å². The number of likely N-dealkylation sites (tertiary alicyclic amines) is 1. The molecule has 1 amide bonds. The molecule has 132 valence electrons. The van der Waals surface area contributed by atoms with E-state index in [1.165, 1.54) is 35.6 Å². The minimum Gasteiger partial charge on any atom is -0.391 e. The Morgan fingerprint density at radius 3 is 2.72 bits per heavy atom. The molecule has 1 saturated heterocycles. The van der Waals surface area contributed by atoms with Gasteiger partial charge in [0.25, 0.3) is 5.91 Å². The maximum atomic E-state index is 13.3. The van der Waals surface area contributed by atoms with Crippen LogP contribution in [0.1, 0.15) is 33.9 Å². The van der Waals surface area contributed by atoms with Crippen LogP contribution in [0.5, 0.6) is 0 Å². The molecule has 0 spiro atoms. The second kappa shape index (κ2) is 6.32. The van der Waals surface area contributed by atoms with Crippen molar-refractivity contribution in [1.82, 2.24) is 14.9 Å². The second-order valence-corrected chi connectivity index (χ2v) is 5.77. The first-order valence-electron chi connectivity index (χ1n) is 7.49. The quantitative estimate of drug-likeness (QED) is 0.863. The Morgan fingerprint density at radius 1 is 1.32 bits per heavy atom. The lowest BCUT2D eigenvalue weighted by Gasteiger charge is -2.27. The fraction of sp³-hybridized carbons (Fsp3) is 0.312. The third kappa shape index (κ3) is 3.27. The van der Waals surface area contributed by atoms with Gasteiger partial charge in [-0.15, -0.1) is 0 Å². The molecule has 0 bridgehead atoms. The zero-order valence-electron chi connectivity index (χ0n) is 12.9. The molecule has 2 heterocycles. The summed E-state index contributed by atoms with van der Waals surface area (Å²) < 4.78 is 39.9. The number of rotatable bonds is 2. The lowest BCUT2D eigenvalue weighted by molar-refractivity contribution is -0.138. The molecular weight excluding hydrogens is 337 g/mol. The lowest BCUT2D eigenvalue weighted by Crippen LogP contribution is -2.33. The van der Waals surface area contributed by atoms with Gasteiger partial charge in [-0.1, -0.05) is 18.2 Å². The number of anilines is 1. The number of nitrogen functional groups attached to an aromatic ring is 1.